The number of aryl methyl sites for hydroxylation is 2. The zero-order chi connectivity index (χ0) is 18.1. The summed E-state index contributed by atoms with van der Waals surface area (Å²) in [4.78, 5) is 0. The van der Waals surface area contributed by atoms with E-state index in [2.05, 4.69) is 17.1 Å². The van der Waals surface area contributed by atoms with E-state index >= 15 is 0 Å². The molecule has 0 saturated carbocycles. The van der Waals surface area contributed by atoms with Gasteiger partial charge in [0.1, 0.15) is 5.75 Å². The lowest BCUT2D eigenvalue weighted by atomic mass is 9.95. The predicted octanol–water partition coefficient (Wildman–Crippen LogP) is 4.56. The summed E-state index contributed by atoms with van der Waals surface area (Å²) in [6, 6.07) is 3.99. The highest BCUT2D eigenvalue weighted by Gasteiger charge is 2.23. The van der Waals surface area contributed by atoms with Crippen molar-refractivity contribution in [3.05, 3.63) is 52.6 Å². The Morgan fingerprint density at radius 2 is 2.08 bits per heavy atom. The Morgan fingerprint density at radius 3 is 2.64 bits per heavy atom. The van der Waals surface area contributed by atoms with Crippen molar-refractivity contribution in [1.82, 2.24) is 19.6 Å². The molecule has 0 aliphatic heterocycles. The van der Waals surface area contributed by atoms with Gasteiger partial charge in [0.2, 0.25) is 0 Å². The Labute approximate surface area is 153 Å². The number of hydrogen-bond acceptors (Lipinski definition) is 3. The zero-order valence-corrected chi connectivity index (χ0v) is 16.0. The maximum atomic E-state index is 6.57. The number of hydrogen-bond donors (Lipinski definition) is 0. The minimum atomic E-state index is 0.00349. The van der Waals surface area contributed by atoms with E-state index in [0.717, 1.165) is 33.7 Å². The third-order valence-corrected chi connectivity index (χ3v) is 4.77. The summed E-state index contributed by atoms with van der Waals surface area (Å²) < 4.78 is 9.80. The molecule has 5 nitrogen and oxygen atoms in total. The van der Waals surface area contributed by atoms with Gasteiger partial charge in [0, 0.05) is 41.2 Å². The molecular formula is C19H23ClN4O. The van der Waals surface area contributed by atoms with E-state index in [1.165, 1.54) is 0 Å². The van der Waals surface area contributed by atoms with Crippen LogP contribution in [0, 0.1) is 13.8 Å². The van der Waals surface area contributed by atoms with Gasteiger partial charge in [-0.15, -0.1) is 0 Å². The van der Waals surface area contributed by atoms with Crippen LogP contribution in [0.2, 0.25) is 5.02 Å². The minimum absolute atomic E-state index is 0.00349. The fraction of sp³-hybridized carbons (Fsp3) is 0.368. The van der Waals surface area contributed by atoms with Crippen molar-refractivity contribution in [3.8, 4) is 16.9 Å². The SMILES string of the molecule is CCOc1c(C(C)n2ccc(C)n2)cc(Cl)c(C)c1-c1cnn(C)c1. The molecule has 0 spiro atoms. The van der Waals surface area contributed by atoms with Crippen LogP contribution in [0.4, 0.5) is 0 Å². The quantitative estimate of drug-likeness (QED) is 0.671. The number of rotatable bonds is 5. The second kappa shape index (κ2) is 6.92. The fourth-order valence-electron chi connectivity index (χ4n) is 3.04. The maximum absolute atomic E-state index is 6.57. The van der Waals surface area contributed by atoms with Crippen molar-refractivity contribution in [2.75, 3.05) is 6.61 Å². The molecule has 0 fully saturated rings. The lowest BCUT2D eigenvalue weighted by molar-refractivity contribution is 0.333. The van der Waals surface area contributed by atoms with Crippen molar-refractivity contribution in [2.45, 2.75) is 33.7 Å². The van der Waals surface area contributed by atoms with Gasteiger partial charge in [-0.2, -0.15) is 10.2 Å². The Bertz CT molecular complexity index is 897. The van der Waals surface area contributed by atoms with Gasteiger partial charge in [-0.25, -0.2) is 0 Å². The molecule has 0 saturated heterocycles. The largest absolute Gasteiger partial charge is 0.493 e. The first kappa shape index (κ1) is 17.5. The zero-order valence-electron chi connectivity index (χ0n) is 15.2. The monoisotopic (exact) mass is 358 g/mol. The molecule has 0 N–H and O–H groups in total. The Kier molecular flexibility index (Phi) is 4.86. The second-order valence-corrected chi connectivity index (χ2v) is 6.63. The van der Waals surface area contributed by atoms with Crippen LogP contribution in [0.25, 0.3) is 11.1 Å². The standard InChI is InChI=1S/C19H23ClN4O/c1-6-25-19-16(14(4)24-8-7-12(2)22-24)9-17(20)13(3)18(19)15-10-21-23(5)11-15/h7-11,14H,6H2,1-5H3. The van der Waals surface area contributed by atoms with Crippen LogP contribution < -0.4 is 4.74 Å². The first-order chi connectivity index (χ1) is 11.9. The Balaban J connectivity index is 2.23. The highest BCUT2D eigenvalue weighted by atomic mass is 35.5. The highest BCUT2D eigenvalue weighted by molar-refractivity contribution is 6.32. The van der Waals surface area contributed by atoms with Crippen LogP contribution in [0.3, 0.4) is 0 Å². The lowest BCUT2D eigenvalue weighted by Gasteiger charge is -2.22. The smallest absolute Gasteiger partial charge is 0.132 e. The number of ether oxygens (including phenoxy) is 1. The summed E-state index contributed by atoms with van der Waals surface area (Å²) in [5, 5.41) is 9.57. The molecule has 6 heteroatoms. The van der Waals surface area contributed by atoms with E-state index in [4.69, 9.17) is 16.3 Å². The van der Waals surface area contributed by atoms with Crippen molar-refractivity contribution < 1.29 is 4.74 Å². The van der Waals surface area contributed by atoms with Gasteiger partial charge in [-0.1, -0.05) is 11.6 Å². The average molecular weight is 359 g/mol. The van der Waals surface area contributed by atoms with Crippen molar-refractivity contribution >= 4 is 11.6 Å². The van der Waals surface area contributed by atoms with Gasteiger partial charge >= 0.3 is 0 Å². The molecule has 1 atom stereocenters. The summed E-state index contributed by atoms with van der Waals surface area (Å²) >= 11 is 6.57. The molecule has 0 aliphatic carbocycles. The van der Waals surface area contributed by atoms with E-state index in [1.54, 1.807) is 4.68 Å². The fourth-order valence-corrected chi connectivity index (χ4v) is 3.26. The summed E-state index contributed by atoms with van der Waals surface area (Å²) in [6.07, 6.45) is 5.80. The lowest BCUT2D eigenvalue weighted by Crippen LogP contribution is -2.11. The van der Waals surface area contributed by atoms with Crippen LogP contribution in [-0.4, -0.2) is 26.2 Å². The van der Waals surface area contributed by atoms with Gasteiger partial charge in [0.05, 0.1) is 24.5 Å². The molecule has 25 heavy (non-hydrogen) atoms. The summed E-state index contributed by atoms with van der Waals surface area (Å²) in [5.41, 5.74) is 4.98. The predicted molar refractivity (Wildman–Crippen MR) is 100 cm³/mol. The highest BCUT2D eigenvalue weighted by Crippen LogP contribution is 2.42. The molecule has 2 aromatic heterocycles. The maximum Gasteiger partial charge on any atom is 0.132 e. The minimum Gasteiger partial charge on any atom is -0.493 e. The van der Waals surface area contributed by atoms with Crippen LogP contribution in [0.5, 0.6) is 5.75 Å². The van der Waals surface area contributed by atoms with Gasteiger partial charge < -0.3 is 4.74 Å². The van der Waals surface area contributed by atoms with E-state index in [0.29, 0.717) is 11.6 Å². The molecule has 2 heterocycles. The average Bonchev–Trinajstić information content (AvgIpc) is 3.19. The van der Waals surface area contributed by atoms with E-state index in [9.17, 15) is 0 Å². The number of aromatic nitrogens is 4. The van der Waals surface area contributed by atoms with Crippen LogP contribution in [-0.2, 0) is 7.05 Å². The third kappa shape index (κ3) is 3.29. The summed E-state index contributed by atoms with van der Waals surface area (Å²) in [5.74, 6) is 0.845. The van der Waals surface area contributed by atoms with Crippen LogP contribution >= 0.6 is 11.6 Å². The van der Waals surface area contributed by atoms with Crippen molar-refractivity contribution in [1.29, 1.82) is 0 Å². The van der Waals surface area contributed by atoms with Crippen LogP contribution in [0.15, 0.2) is 30.7 Å². The van der Waals surface area contributed by atoms with Gasteiger partial charge in [0.15, 0.2) is 0 Å². The van der Waals surface area contributed by atoms with Crippen LogP contribution in [0.1, 0.15) is 36.7 Å². The van der Waals surface area contributed by atoms with Gasteiger partial charge in [-0.3, -0.25) is 9.36 Å². The molecule has 0 amide bonds. The first-order valence-electron chi connectivity index (χ1n) is 8.39. The van der Waals surface area contributed by atoms with Crippen molar-refractivity contribution in [3.63, 3.8) is 0 Å². The molecule has 0 bridgehead atoms. The molecule has 132 valence electrons. The Morgan fingerprint density at radius 1 is 1.32 bits per heavy atom. The first-order valence-corrected chi connectivity index (χ1v) is 8.76. The van der Waals surface area contributed by atoms with E-state index < -0.39 is 0 Å². The number of nitrogens with zero attached hydrogens (tertiary/aromatic N) is 4. The summed E-state index contributed by atoms with van der Waals surface area (Å²) in [7, 11) is 1.90. The molecule has 1 aromatic carbocycles. The summed E-state index contributed by atoms with van der Waals surface area (Å²) in [6.45, 7) is 8.66. The topological polar surface area (TPSA) is 44.9 Å². The molecule has 3 rings (SSSR count). The van der Waals surface area contributed by atoms with E-state index in [1.807, 2.05) is 63.2 Å². The number of benzene rings is 1. The van der Waals surface area contributed by atoms with Gasteiger partial charge in [0.25, 0.3) is 0 Å². The van der Waals surface area contributed by atoms with Crippen molar-refractivity contribution in [2.24, 2.45) is 7.05 Å². The normalized spacial score (nSPS) is 12.4. The third-order valence-electron chi connectivity index (χ3n) is 4.38. The van der Waals surface area contributed by atoms with Gasteiger partial charge in [-0.05, 0) is 45.4 Å². The second-order valence-electron chi connectivity index (χ2n) is 6.23. The molecule has 0 aliphatic rings. The molecule has 1 unspecified atom stereocenters. The van der Waals surface area contributed by atoms with E-state index in [-0.39, 0.29) is 6.04 Å². The molecule has 3 aromatic rings. The Hall–Kier alpha value is -2.27. The molecular weight excluding hydrogens is 336 g/mol. The number of halogens is 1. The molecule has 0 radical (unpaired) electrons.